The van der Waals surface area contributed by atoms with Crippen LogP contribution in [0.3, 0.4) is 0 Å². The number of aromatic amines is 1. The van der Waals surface area contributed by atoms with Crippen LogP contribution in [0, 0.1) is 5.82 Å². The Balaban J connectivity index is 1.68. The Hall–Kier alpha value is -2.95. The number of pyridine rings is 1. The summed E-state index contributed by atoms with van der Waals surface area (Å²) in [5, 5.41) is 3.81. The molecule has 1 aromatic carbocycles. The maximum atomic E-state index is 12.9. The zero-order valence-electron chi connectivity index (χ0n) is 12.6. The van der Waals surface area contributed by atoms with Gasteiger partial charge in [0.05, 0.1) is 6.04 Å². The van der Waals surface area contributed by atoms with Gasteiger partial charge in [0, 0.05) is 29.4 Å². The van der Waals surface area contributed by atoms with Crippen LogP contribution < -0.4 is 5.32 Å². The van der Waals surface area contributed by atoms with Gasteiger partial charge in [0.1, 0.15) is 11.5 Å². The lowest BCUT2D eigenvalue weighted by Crippen LogP contribution is -2.24. The fourth-order valence-corrected chi connectivity index (χ4v) is 2.38. The summed E-state index contributed by atoms with van der Waals surface area (Å²) in [4.78, 5) is 19.3. The predicted molar refractivity (Wildman–Crippen MR) is 88.1 cm³/mol. The van der Waals surface area contributed by atoms with Gasteiger partial charge < -0.3 is 10.3 Å². The van der Waals surface area contributed by atoms with Crippen LogP contribution in [0.5, 0.6) is 0 Å². The monoisotopic (exact) mass is 309 g/mol. The van der Waals surface area contributed by atoms with Crippen molar-refractivity contribution >= 4 is 23.0 Å². The molecule has 3 rings (SSSR count). The van der Waals surface area contributed by atoms with E-state index < -0.39 is 0 Å². The van der Waals surface area contributed by atoms with E-state index in [0.29, 0.717) is 0 Å². The number of benzene rings is 1. The number of carbonyl (C=O) groups is 1. The van der Waals surface area contributed by atoms with E-state index in [2.05, 4.69) is 15.3 Å². The first-order valence-electron chi connectivity index (χ1n) is 7.29. The SMILES string of the molecule is CC(NC(=O)/C=C/c1c[nH]c2ncccc12)c1ccc(F)cc1. The van der Waals surface area contributed by atoms with Crippen LogP contribution >= 0.6 is 0 Å². The van der Waals surface area contributed by atoms with Crippen molar-refractivity contribution in [2.45, 2.75) is 13.0 Å². The Morgan fingerprint density at radius 3 is 2.87 bits per heavy atom. The number of rotatable bonds is 4. The molecule has 4 nitrogen and oxygen atoms in total. The lowest BCUT2D eigenvalue weighted by Gasteiger charge is -2.12. The first-order chi connectivity index (χ1) is 11.1. The van der Waals surface area contributed by atoms with Gasteiger partial charge in [-0.1, -0.05) is 12.1 Å². The van der Waals surface area contributed by atoms with E-state index in [9.17, 15) is 9.18 Å². The van der Waals surface area contributed by atoms with Crippen LogP contribution in [-0.4, -0.2) is 15.9 Å². The molecule has 0 saturated carbocycles. The van der Waals surface area contributed by atoms with Crippen molar-refractivity contribution in [1.29, 1.82) is 0 Å². The van der Waals surface area contributed by atoms with E-state index in [-0.39, 0.29) is 17.8 Å². The molecular formula is C18H16FN3O. The predicted octanol–water partition coefficient (Wildman–Crippen LogP) is 3.59. The highest BCUT2D eigenvalue weighted by atomic mass is 19.1. The first-order valence-corrected chi connectivity index (χ1v) is 7.29. The highest BCUT2D eigenvalue weighted by Crippen LogP contribution is 2.17. The van der Waals surface area contributed by atoms with Gasteiger partial charge in [-0.3, -0.25) is 4.79 Å². The molecule has 0 bridgehead atoms. The molecule has 0 radical (unpaired) electrons. The largest absolute Gasteiger partial charge is 0.346 e. The van der Waals surface area contributed by atoms with Crippen LogP contribution in [0.25, 0.3) is 17.1 Å². The minimum absolute atomic E-state index is 0.197. The molecule has 2 heterocycles. The van der Waals surface area contributed by atoms with Gasteiger partial charge in [-0.2, -0.15) is 0 Å². The summed E-state index contributed by atoms with van der Waals surface area (Å²) in [6.45, 7) is 1.86. The molecule has 0 fully saturated rings. The van der Waals surface area contributed by atoms with Gasteiger partial charge in [-0.15, -0.1) is 0 Å². The molecule has 1 atom stereocenters. The van der Waals surface area contributed by atoms with Crippen molar-refractivity contribution in [3.8, 4) is 0 Å². The number of carbonyl (C=O) groups excluding carboxylic acids is 1. The third kappa shape index (κ3) is 3.45. The van der Waals surface area contributed by atoms with Crippen molar-refractivity contribution < 1.29 is 9.18 Å². The molecule has 0 aliphatic rings. The minimum Gasteiger partial charge on any atom is -0.346 e. The zero-order chi connectivity index (χ0) is 16.2. The van der Waals surface area contributed by atoms with Gasteiger partial charge in [0.25, 0.3) is 0 Å². The van der Waals surface area contributed by atoms with E-state index in [4.69, 9.17) is 0 Å². The van der Waals surface area contributed by atoms with Gasteiger partial charge >= 0.3 is 0 Å². The summed E-state index contributed by atoms with van der Waals surface area (Å²) >= 11 is 0. The molecular weight excluding hydrogens is 293 g/mol. The Morgan fingerprint density at radius 2 is 2.09 bits per heavy atom. The topological polar surface area (TPSA) is 57.8 Å². The molecule has 23 heavy (non-hydrogen) atoms. The maximum Gasteiger partial charge on any atom is 0.244 e. The van der Waals surface area contributed by atoms with Gasteiger partial charge in [0.15, 0.2) is 0 Å². The smallest absolute Gasteiger partial charge is 0.244 e. The lowest BCUT2D eigenvalue weighted by atomic mass is 10.1. The second kappa shape index (κ2) is 6.44. The molecule has 5 heteroatoms. The average Bonchev–Trinajstić information content (AvgIpc) is 2.97. The maximum absolute atomic E-state index is 12.9. The van der Waals surface area contributed by atoms with E-state index in [1.54, 1.807) is 24.4 Å². The van der Waals surface area contributed by atoms with Crippen LogP contribution in [0.2, 0.25) is 0 Å². The second-order valence-electron chi connectivity index (χ2n) is 5.26. The summed E-state index contributed by atoms with van der Waals surface area (Å²) in [5.74, 6) is -0.500. The van der Waals surface area contributed by atoms with Gasteiger partial charge in [0.2, 0.25) is 5.91 Å². The number of nitrogens with zero attached hydrogens (tertiary/aromatic N) is 1. The van der Waals surface area contributed by atoms with Crippen LogP contribution in [0.4, 0.5) is 4.39 Å². The van der Waals surface area contributed by atoms with Crippen molar-refractivity contribution in [2.75, 3.05) is 0 Å². The summed E-state index contributed by atoms with van der Waals surface area (Å²) in [6.07, 6.45) is 6.75. The minimum atomic E-state index is -0.292. The fraction of sp³-hybridized carbons (Fsp3) is 0.111. The Bertz CT molecular complexity index is 852. The van der Waals surface area contributed by atoms with Crippen molar-refractivity contribution in [3.63, 3.8) is 0 Å². The first kappa shape index (κ1) is 15.0. The molecule has 2 aromatic heterocycles. The van der Waals surface area contributed by atoms with E-state index >= 15 is 0 Å². The standard InChI is InChI=1S/C18H16FN3O/c1-12(13-4-7-15(19)8-5-13)22-17(23)9-6-14-11-21-18-16(14)3-2-10-20-18/h2-12H,1H3,(H,20,21)(H,22,23)/b9-6+. The highest BCUT2D eigenvalue weighted by molar-refractivity contribution is 5.95. The molecule has 3 aromatic rings. The third-order valence-corrected chi connectivity index (χ3v) is 3.63. The Morgan fingerprint density at radius 1 is 1.30 bits per heavy atom. The van der Waals surface area contributed by atoms with Gasteiger partial charge in [-0.05, 0) is 42.8 Å². The van der Waals surface area contributed by atoms with E-state index in [1.165, 1.54) is 18.2 Å². The fourth-order valence-electron chi connectivity index (χ4n) is 2.38. The molecule has 0 saturated heterocycles. The molecule has 2 N–H and O–H groups in total. The molecule has 0 spiro atoms. The number of hydrogen-bond acceptors (Lipinski definition) is 2. The molecule has 0 aliphatic heterocycles. The molecule has 0 aliphatic carbocycles. The number of fused-ring (bicyclic) bond motifs is 1. The van der Waals surface area contributed by atoms with E-state index in [1.807, 2.05) is 25.3 Å². The summed E-state index contributed by atoms with van der Waals surface area (Å²) in [5.41, 5.74) is 2.54. The number of halogens is 1. The van der Waals surface area contributed by atoms with E-state index in [0.717, 1.165) is 22.2 Å². The van der Waals surface area contributed by atoms with Crippen LogP contribution in [0.1, 0.15) is 24.1 Å². The van der Waals surface area contributed by atoms with Crippen LogP contribution in [-0.2, 0) is 4.79 Å². The quantitative estimate of drug-likeness (QED) is 0.724. The Kier molecular flexibility index (Phi) is 4.19. The molecule has 116 valence electrons. The number of aromatic nitrogens is 2. The lowest BCUT2D eigenvalue weighted by molar-refractivity contribution is -0.117. The van der Waals surface area contributed by atoms with Crippen molar-refractivity contribution in [3.05, 3.63) is 71.8 Å². The third-order valence-electron chi connectivity index (χ3n) is 3.63. The average molecular weight is 309 g/mol. The number of H-pyrrole nitrogens is 1. The molecule has 1 amide bonds. The number of amides is 1. The normalized spacial score (nSPS) is 12.6. The van der Waals surface area contributed by atoms with Crippen molar-refractivity contribution in [1.82, 2.24) is 15.3 Å². The second-order valence-corrected chi connectivity index (χ2v) is 5.26. The molecule has 1 unspecified atom stereocenters. The van der Waals surface area contributed by atoms with Crippen molar-refractivity contribution in [2.24, 2.45) is 0 Å². The summed E-state index contributed by atoms with van der Waals surface area (Å²) in [7, 11) is 0. The van der Waals surface area contributed by atoms with Gasteiger partial charge in [-0.25, -0.2) is 9.37 Å². The van der Waals surface area contributed by atoms with Crippen LogP contribution in [0.15, 0.2) is 54.9 Å². The highest BCUT2D eigenvalue weighted by Gasteiger charge is 2.08. The summed E-state index contributed by atoms with van der Waals surface area (Å²) in [6, 6.07) is 9.68. The Labute approximate surface area is 133 Å². The summed E-state index contributed by atoms with van der Waals surface area (Å²) < 4.78 is 12.9. The number of hydrogen-bond donors (Lipinski definition) is 2. The zero-order valence-corrected chi connectivity index (χ0v) is 12.6. The number of nitrogens with one attached hydrogen (secondary N) is 2.